The predicted octanol–water partition coefficient (Wildman–Crippen LogP) is 2.99. The number of carbonyl (C=O) groups excluding carboxylic acids is 1. The highest BCUT2D eigenvalue weighted by atomic mass is 16.5. The number of carbonyl (C=O) groups is 1. The van der Waals surface area contributed by atoms with Crippen LogP contribution in [0.2, 0.25) is 0 Å². The van der Waals surface area contributed by atoms with Crippen LogP contribution in [0, 0.1) is 12.8 Å². The number of benzene rings is 1. The minimum Gasteiger partial charge on any atom is -0.453 e. The summed E-state index contributed by atoms with van der Waals surface area (Å²) in [4.78, 5) is 14.6. The van der Waals surface area contributed by atoms with Crippen LogP contribution in [-0.4, -0.2) is 37.6 Å². The maximum absolute atomic E-state index is 12.2. The zero-order valence-corrected chi connectivity index (χ0v) is 15.0. The maximum atomic E-state index is 12.2. The van der Waals surface area contributed by atoms with Crippen LogP contribution in [0.15, 0.2) is 40.8 Å². The molecule has 1 amide bonds. The summed E-state index contributed by atoms with van der Waals surface area (Å²) in [7, 11) is 1.60. The first-order valence-electron chi connectivity index (χ1n) is 8.78. The molecule has 5 heteroatoms. The van der Waals surface area contributed by atoms with Crippen molar-refractivity contribution >= 4 is 5.91 Å². The molecule has 1 atom stereocenters. The number of hydrogen-bond acceptors (Lipinski definition) is 4. The molecular weight excluding hydrogens is 316 g/mol. The van der Waals surface area contributed by atoms with Gasteiger partial charge in [-0.05, 0) is 49.1 Å². The number of likely N-dealkylation sites (tertiary alicyclic amines) is 1. The second-order valence-corrected chi connectivity index (χ2v) is 6.73. The molecule has 1 aromatic carbocycles. The fraction of sp³-hybridized carbons (Fsp3) is 0.450. The zero-order chi connectivity index (χ0) is 17.6. The third-order valence-electron chi connectivity index (χ3n) is 4.75. The van der Waals surface area contributed by atoms with Crippen molar-refractivity contribution < 1.29 is 13.9 Å². The Balaban J connectivity index is 1.45. The number of nitrogens with one attached hydrogen (secondary N) is 1. The van der Waals surface area contributed by atoms with Crippen LogP contribution in [0.25, 0.3) is 0 Å². The van der Waals surface area contributed by atoms with Crippen LogP contribution in [-0.2, 0) is 17.9 Å². The molecule has 0 aliphatic carbocycles. The molecule has 1 aliphatic heterocycles. The first-order chi connectivity index (χ1) is 12.2. The highest BCUT2D eigenvalue weighted by Gasteiger charge is 2.23. The van der Waals surface area contributed by atoms with E-state index in [1.54, 1.807) is 19.2 Å². The fourth-order valence-corrected chi connectivity index (χ4v) is 3.30. The second kappa shape index (κ2) is 8.32. The molecule has 0 spiro atoms. The molecule has 3 rings (SSSR count). The van der Waals surface area contributed by atoms with E-state index in [2.05, 4.69) is 41.4 Å². The molecule has 0 saturated carbocycles. The lowest BCUT2D eigenvalue weighted by molar-refractivity contribution is 0.0911. The molecule has 25 heavy (non-hydrogen) atoms. The summed E-state index contributed by atoms with van der Waals surface area (Å²) < 4.78 is 10.5. The van der Waals surface area contributed by atoms with Crippen molar-refractivity contribution in [3.63, 3.8) is 0 Å². The molecule has 1 aliphatic rings. The average molecular weight is 342 g/mol. The van der Waals surface area contributed by atoms with Gasteiger partial charge in [-0.2, -0.15) is 0 Å². The van der Waals surface area contributed by atoms with Gasteiger partial charge in [0.1, 0.15) is 12.4 Å². The van der Waals surface area contributed by atoms with E-state index in [0.29, 0.717) is 30.6 Å². The van der Waals surface area contributed by atoms with Gasteiger partial charge in [0.15, 0.2) is 5.76 Å². The number of rotatable bonds is 7. The van der Waals surface area contributed by atoms with Gasteiger partial charge < -0.3 is 14.5 Å². The third kappa shape index (κ3) is 4.71. The molecule has 1 fully saturated rings. The standard InChI is InChI=1S/C20H26N2O3/c1-15-5-3-4-6-17(15)13-22-10-9-16(12-22)11-21-20(23)19-8-7-18(25-19)14-24-2/h3-8,16H,9-14H2,1-2H3,(H,21,23). The minimum atomic E-state index is -0.153. The van der Waals surface area contributed by atoms with Gasteiger partial charge in [0.25, 0.3) is 5.91 Å². The zero-order valence-electron chi connectivity index (χ0n) is 15.0. The van der Waals surface area contributed by atoms with Crippen LogP contribution >= 0.6 is 0 Å². The van der Waals surface area contributed by atoms with Crippen molar-refractivity contribution in [1.82, 2.24) is 10.2 Å². The Hall–Kier alpha value is -2.11. The van der Waals surface area contributed by atoms with E-state index < -0.39 is 0 Å². The van der Waals surface area contributed by atoms with E-state index in [0.717, 1.165) is 26.1 Å². The van der Waals surface area contributed by atoms with Gasteiger partial charge in [-0.25, -0.2) is 0 Å². The Bertz CT molecular complexity index is 710. The number of ether oxygens (including phenoxy) is 1. The molecule has 2 heterocycles. The van der Waals surface area contributed by atoms with Crippen molar-refractivity contribution in [3.05, 3.63) is 59.0 Å². The first kappa shape index (κ1) is 17.7. The Kier molecular flexibility index (Phi) is 5.89. The monoisotopic (exact) mass is 342 g/mol. The normalized spacial score (nSPS) is 17.8. The van der Waals surface area contributed by atoms with Gasteiger partial charge in [0.05, 0.1) is 0 Å². The second-order valence-electron chi connectivity index (χ2n) is 6.73. The highest BCUT2D eigenvalue weighted by Crippen LogP contribution is 2.20. The fourth-order valence-electron chi connectivity index (χ4n) is 3.30. The predicted molar refractivity (Wildman–Crippen MR) is 96.3 cm³/mol. The molecule has 1 N–H and O–H groups in total. The van der Waals surface area contributed by atoms with Crippen LogP contribution < -0.4 is 5.32 Å². The summed E-state index contributed by atoms with van der Waals surface area (Å²) in [5, 5.41) is 2.99. The number of amides is 1. The summed E-state index contributed by atoms with van der Waals surface area (Å²) in [5.74, 6) is 1.35. The Morgan fingerprint density at radius 3 is 2.96 bits per heavy atom. The minimum absolute atomic E-state index is 0.153. The summed E-state index contributed by atoms with van der Waals surface area (Å²) in [6.07, 6.45) is 1.11. The van der Waals surface area contributed by atoms with Gasteiger partial charge in [0.2, 0.25) is 0 Å². The highest BCUT2D eigenvalue weighted by molar-refractivity contribution is 5.91. The topological polar surface area (TPSA) is 54.7 Å². The Labute approximate surface area is 149 Å². The van der Waals surface area contributed by atoms with E-state index in [1.807, 2.05) is 0 Å². The summed E-state index contributed by atoms with van der Waals surface area (Å²) in [5.41, 5.74) is 2.72. The quantitative estimate of drug-likeness (QED) is 0.840. The molecule has 5 nitrogen and oxygen atoms in total. The van der Waals surface area contributed by atoms with Crippen LogP contribution in [0.1, 0.15) is 33.9 Å². The summed E-state index contributed by atoms with van der Waals surface area (Å²) in [6, 6.07) is 12.0. The van der Waals surface area contributed by atoms with Crippen molar-refractivity contribution in [1.29, 1.82) is 0 Å². The number of methoxy groups -OCH3 is 1. The third-order valence-corrected chi connectivity index (χ3v) is 4.75. The summed E-state index contributed by atoms with van der Waals surface area (Å²) >= 11 is 0. The van der Waals surface area contributed by atoms with Gasteiger partial charge in [-0.3, -0.25) is 9.69 Å². The number of nitrogens with zero attached hydrogens (tertiary/aromatic N) is 1. The van der Waals surface area contributed by atoms with E-state index >= 15 is 0 Å². The van der Waals surface area contributed by atoms with Crippen molar-refractivity contribution in [2.24, 2.45) is 5.92 Å². The molecule has 1 saturated heterocycles. The van der Waals surface area contributed by atoms with E-state index in [9.17, 15) is 4.79 Å². The van der Waals surface area contributed by atoms with Crippen LogP contribution in [0.5, 0.6) is 0 Å². The van der Waals surface area contributed by atoms with Crippen molar-refractivity contribution in [3.8, 4) is 0 Å². The number of furan rings is 1. The van der Waals surface area contributed by atoms with Crippen LogP contribution in [0.4, 0.5) is 0 Å². The molecule has 1 aromatic heterocycles. The molecule has 2 aromatic rings. The lowest BCUT2D eigenvalue weighted by Crippen LogP contribution is -2.30. The molecule has 0 radical (unpaired) electrons. The molecular formula is C20H26N2O3. The molecule has 0 bridgehead atoms. The van der Waals surface area contributed by atoms with E-state index in [1.165, 1.54) is 11.1 Å². The molecule has 134 valence electrons. The van der Waals surface area contributed by atoms with Gasteiger partial charge >= 0.3 is 0 Å². The Morgan fingerprint density at radius 2 is 2.16 bits per heavy atom. The van der Waals surface area contributed by atoms with Gasteiger partial charge in [-0.1, -0.05) is 24.3 Å². The van der Waals surface area contributed by atoms with Gasteiger partial charge in [0, 0.05) is 26.7 Å². The van der Waals surface area contributed by atoms with E-state index in [4.69, 9.17) is 9.15 Å². The molecule has 1 unspecified atom stereocenters. The number of hydrogen-bond donors (Lipinski definition) is 1. The number of aryl methyl sites for hydroxylation is 1. The SMILES string of the molecule is COCc1ccc(C(=O)NCC2CCN(Cc3ccccc3C)C2)o1. The lowest BCUT2D eigenvalue weighted by Gasteiger charge is -2.17. The van der Waals surface area contributed by atoms with Crippen molar-refractivity contribution in [2.75, 3.05) is 26.7 Å². The largest absolute Gasteiger partial charge is 0.453 e. The smallest absolute Gasteiger partial charge is 0.287 e. The van der Waals surface area contributed by atoms with Gasteiger partial charge in [-0.15, -0.1) is 0 Å². The first-order valence-corrected chi connectivity index (χ1v) is 8.78. The lowest BCUT2D eigenvalue weighted by atomic mass is 10.1. The summed E-state index contributed by atoms with van der Waals surface area (Å²) in [6.45, 7) is 6.29. The van der Waals surface area contributed by atoms with Crippen LogP contribution in [0.3, 0.4) is 0 Å². The average Bonchev–Trinajstić information content (AvgIpc) is 3.25. The van der Waals surface area contributed by atoms with Crippen molar-refractivity contribution in [2.45, 2.75) is 26.5 Å². The maximum Gasteiger partial charge on any atom is 0.287 e. The Morgan fingerprint density at radius 1 is 1.32 bits per heavy atom. The van der Waals surface area contributed by atoms with E-state index in [-0.39, 0.29) is 5.91 Å².